The highest BCUT2D eigenvalue weighted by Gasteiger charge is 2.17. The van der Waals surface area contributed by atoms with Gasteiger partial charge in [-0.1, -0.05) is 121 Å². The molecule has 3 nitrogen and oxygen atoms in total. The third kappa shape index (κ3) is 3.86. The van der Waals surface area contributed by atoms with E-state index in [2.05, 4.69) is 157 Å². The average Bonchev–Trinajstić information content (AvgIpc) is 3.51. The second-order valence-electron chi connectivity index (χ2n) is 13.5. The van der Waals surface area contributed by atoms with Gasteiger partial charge in [0.25, 0.3) is 0 Å². The van der Waals surface area contributed by atoms with Crippen LogP contribution >= 0.6 is 0 Å². The van der Waals surface area contributed by atoms with E-state index in [9.17, 15) is 0 Å². The van der Waals surface area contributed by atoms with Crippen molar-refractivity contribution in [2.24, 2.45) is 7.05 Å². The minimum Gasteiger partial charge on any atom is -0.327 e. The quantitative estimate of drug-likeness (QED) is 0.181. The standard InChI is InChI=1S/C47H29N3/c1-50-42-23-21-32(26-41(42)49-47(50)31-8-3-2-4-9-31)34-20-22-40(48-27-34)35-24-33-19-18-30-11-6-14-37-36-13-5-10-28-16-17-29-12-7-15-38(45(29)43(28)36)39(25-35)46(33)44(30)37/h2-27H,1H3. The zero-order valence-corrected chi connectivity index (χ0v) is 27.4. The summed E-state index contributed by atoms with van der Waals surface area (Å²) >= 11 is 0. The van der Waals surface area contributed by atoms with Crippen molar-refractivity contribution in [3.63, 3.8) is 0 Å². The van der Waals surface area contributed by atoms with Crippen molar-refractivity contribution in [1.29, 1.82) is 0 Å². The van der Waals surface area contributed by atoms with Crippen LogP contribution in [0.2, 0.25) is 0 Å². The third-order valence-electron chi connectivity index (χ3n) is 10.7. The highest BCUT2D eigenvalue weighted by Crippen LogP contribution is 2.44. The number of fused-ring (bicyclic) bond motifs is 3. The number of pyridine rings is 1. The molecule has 2 heterocycles. The number of aromatic nitrogens is 3. The van der Waals surface area contributed by atoms with Crippen LogP contribution in [0.25, 0.3) is 109 Å². The maximum Gasteiger partial charge on any atom is 0.140 e. The molecule has 0 atom stereocenters. The van der Waals surface area contributed by atoms with E-state index in [0.29, 0.717) is 0 Å². The summed E-state index contributed by atoms with van der Waals surface area (Å²) in [5.74, 6) is 0.966. The van der Waals surface area contributed by atoms with Gasteiger partial charge >= 0.3 is 0 Å². The van der Waals surface area contributed by atoms with E-state index in [4.69, 9.17) is 9.97 Å². The van der Waals surface area contributed by atoms with E-state index in [1.807, 2.05) is 12.3 Å². The maximum atomic E-state index is 5.08. The normalized spacial score (nSPS) is 12.1. The van der Waals surface area contributed by atoms with Crippen molar-refractivity contribution in [3.8, 4) is 33.8 Å². The number of benzene rings is 8. The summed E-state index contributed by atoms with van der Waals surface area (Å²) in [4.78, 5) is 10.1. The van der Waals surface area contributed by atoms with Crippen LogP contribution in [0.5, 0.6) is 0 Å². The Kier molecular flexibility index (Phi) is 5.59. The molecule has 0 amide bonds. The van der Waals surface area contributed by atoms with Gasteiger partial charge in [0, 0.05) is 29.9 Å². The summed E-state index contributed by atoms with van der Waals surface area (Å²) in [6, 6.07) is 55.2. The van der Waals surface area contributed by atoms with Gasteiger partial charge < -0.3 is 4.57 Å². The molecule has 0 saturated carbocycles. The fraction of sp³-hybridized carbons (Fsp3) is 0.0213. The van der Waals surface area contributed by atoms with Crippen LogP contribution in [0, 0.1) is 0 Å². The molecule has 0 aliphatic heterocycles. The van der Waals surface area contributed by atoms with Crippen LogP contribution in [-0.4, -0.2) is 14.5 Å². The second kappa shape index (κ2) is 10.2. The van der Waals surface area contributed by atoms with Gasteiger partial charge in [0.15, 0.2) is 0 Å². The lowest BCUT2D eigenvalue weighted by molar-refractivity contribution is 0.959. The molecule has 0 aliphatic rings. The van der Waals surface area contributed by atoms with Gasteiger partial charge in [0.2, 0.25) is 0 Å². The van der Waals surface area contributed by atoms with Crippen LogP contribution in [0.15, 0.2) is 158 Å². The summed E-state index contributed by atoms with van der Waals surface area (Å²) in [7, 11) is 2.08. The fourth-order valence-electron chi connectivity index (χ4n) is 8.39. The van der Waals surface area contributed by atoms with Crippen LogP contribution in [0.3, 0.4) is 0 Å². The minimum absolute atomic E-state index is 0.957. The van der Waals surface area contributed by atoms with Crippen molar-refractivity contribution >= 4 is 75.7 Å². The predicted octanol–water partition coefficient (Wildman–Crippen LogP) is 12.3. The summed E-state index contributed by atoms with van der Waals surface area (Å²) in [5.41, 5.74) is 7.44. The first kappa shape index (κ1) is 27.4. The van der Waals surface area contributed by atoms with Crippen molar-refractivity contribution in [2.45, 2.75) is 0 Å². The molecule has 11 rings (SSSR count). The zero-order chi connectivity index (χ0) is 32.9. The molecule has 2 aromatic heterocycles. The lowest BCUT2D eigenvalue weighted by atomic mass is 9.87. The molecule has 0 bridgehead atoms. The van der Waals surface area contributed by atoms with E-state index in [0.717, 1.165) is 44.8 Å². The molecular formula is C47H29N3. The summed E-state index contributed by atoms with van der Waals surface area (Å²) in [5, 5.41) is 15.4. The number of nitrogens with zero attached hydrogens (tertiary/aromatic N) is 3. The lowest BCUT2D eigenvalue weighted by Crippen LogP contribution is -1.92. The van der Waals surface area contributed by atoms with Gasteiger partial charge in [-0.15, -0.1) is 0 Å². The lowest BCUT2D eigenvalue weighted by Gasteiger charge is -2.17. The van der Waals surface area contributed by atoms with E-state index >= 15 is 0 Å². The minimum atomic E-state index is 0.957. The first-order chi connectivity index (χ1) is 24.7. The SMILES string of the molecule is Cn1c(-c2ccccc2)nc2cc(-c3ccc(-c4cc5ccc6cccc7c8cccc9ccc%10cccc(c(c4)c5c67)c%10c98)nc3)ccc21. The molecule has 0 unspecified atom stereocenters. The first-order valence-corrected chi connectivity index (χ1v) is 17.1. The Labute approximate surface area is 288 Å². The van der Waals surface area contributed by atoms with Crippen LogP contribution in [0.4, 0.5) is 0 Å². The van der Waals surface area contributed by atoms with Crippen LogP contribution in [0.1, 0.15) is 0 Å². The Morgan fingerprint density at radius 3 is 1.66 bits per heavy atom. The molecule has 232 valence electrons. The highest BCUT2D eigenvalue weighted by atomic mass is 15.1. The van der Waals surface area contributed by atoms with E-state index < -0.39 is 0 Å². The van der Waals surface area contributed by atoms with Gasteiger partial charge in [0.05, 0.1) is 16.7 Å². The van der Waals surface area contributed by atoms with Crippen molar-refractivity contribution < 1.29 is 0 Å². The number of rotatable bonds is 3. The van der Waals surface area contributed by atoms with Gasteiger partial charge in [-0.3, -0.25) is 4.98 Å². The maximum absolute atomic E-state index is 5.08. The van der Waals surface area contributed by atoms with E-state index in [-0.39, 0.29) is 0 Å². The Balaban J connectivity index is 1.12. The molecule has 3 heteroatoms. The van der Waals surface area contributed by atoms with Gasteiger partial charge in [-0.2, -0.15) is 0 Å². The Hall–Kier alpha value is -6.58. The predicted molar refractivity (Wildman–Crippen MR) is 211 cm³/mol. The van der Waals surface area contributed by atoms with E-state index in [1.54, 1.807) is 0 Å². The number of imidazole rings is 1. The second-order valence-corrected chi connectivity index (χ2v) is 13.5. The monoisotopic (exact) mass is 635 g/mol. The molecule has 0 radical (unpaired) electrons. The van der Waals surface area contributed by atoms with E-state index in [1.165, 1.54) is 64.6 Å². The van der Waals surface area contributed by atoms with Crippen molar-refractivity contribution in [3.05, 3.63) is 158 Å². The van der Waals surface area contributed by atoms with Crippen LogP contribution in [-0.2, 0) is 7.05 Å². The van der Waals surface area contributed by atoms with Gasteiger partial charge in [0.1, 0.15) is 5.82 Å². The molecule has 11 aromatic rings. The third-order valence-corrected chi connectivity index (χ3v) is 10.7. The summed E-state index contributed by atoms with van der Waals surface area (Å²) in [6.45, 7) is 0. The fourth-order valence-corrected chi connectivity index (χ4v) is 8.39. The Morgan fingerprint density at radius 1 is 0.420 bits per heavy atom. The molecule has 0 aliphatic carbocycles. The van der Waals surface area contributed by atoms with Crippen LogP contribution < -0.4 is 0 Å². The number of aryl methyl sites for hydroxylation is 1. The molecule has 0 saturated heterocycles. The molecule has 0 N–H and O–H groups in total. The molecular weight excluding hydrogens is 607 g/mol. The zero-order valence-electron chi connectivity index (χ0n) is 27.4. The highest BCUT2D eigenvalue weighted by molar-refractivity contribution is 6.37. The average molecular weight is 636 g/mol. The molecule has 0 spiro atoms. The molecule has 0 fully saturated rings. The summed E-state index contributed by atoms with van der Waals surface area (Å²) in [6.07, 6.45) is 2.00. The molecule has 50 heavy (non-hydrogen) atoms. The first-order valence-electron chi connectivity index (χ1n) is 17.1. The summed E-state index contributed by atoms with van der Waals surface area (Å²) < 4.78 is 2.16. The smallest absolute Gasteiger partial charge is 0.140 e. The van der Waals surface area contributed by atoms with Crippen molar-refractivity contribution in [2.75, 3.05) is 0 Å². The van der Waals surface area contributed by atoms with Crippen molar-refractivity contribution in [1.82, 2.24) is 14.5 Å². The largest absolute Gasteiger partial charge is 0.327 e. The Bertz CT molecular complexity index is 3130. The Morgan fingerprint density at radius 2 is 1.02 bits per heavy atom. The topological polar surface area (TPSA) is 30.7 Å². The molecule has 9 aromatic carbocycles. The number of hydrogen-bond acceptors (Lipinski definition) is 2. The number of hydrogen-bond donors (Lipinski definition) is 0. The van der Waals surface area contributed by atoms with Gasteiger partial charge in [-0.05, 0) is 101 Å². The van der Waals surface area contributed by atoms with Gasteiger partial charge in [-0.25, -0.2) is 4.98 Å².